The smallest absolute Gasteiger partial charge is 0.193 e. The lowest BCUT2D eigenvalue weighted by Crippen LogP contribution is -2.41. The molecule has 4 nitrogen and oxygen atoms in total. The van der Waals surface area contributed by atoms with Crippen LogP contribution in [0.3, 0.4) is 0 Å². The van der Waals surface area contributed by atoms with Gasteiger partial charge >= 0.3 is 0 Å². The molecule has 0 aromatic heterocycles. The van der Waals surface area contributed by atoms with E-state index in [0.29, 0.717) is 5.41 Å². The van der Waals surface area contributed by atoms with E-state index < -0.39 is 0 Å². The van der Waals surface area contributed by atoms with Crippen LogP contribution in [0.5, 0.6) is 0 Å². The number of aliphatic imine (C=N–C) groups is 1. The van der Waals surface area contributed by atoms with Gasteiger partial charge in [0.25, 0.3) is 0 Å². The van der Waals surface area contributed by atoms with E-state index in [-0.39, 0.29) is 0 Å². The summed E-state index contributed by atoms with van der Waals surface area (Å²) in [5.41, 5.74) is 0.413. The van der Waals surface area contributed by atoms with E-state index in [4.69, 9.17) is 9.73 Å². The van der Waals surface area contributed by atoms with Crippen molar-refractivity contribution in [2.24, 2.45) is 22.2 Å². The van der Waals surface area contributed by atoms with Crippen LogP contribution in [0.2, 0.25) is 0 Å². The number of hydrogen-bond donors (Lipinski definition) is 1. The Kier molecular flexibility index (Phi) is 5.27. The summed E-state index contributed by atoms with van der Waals surface area (Å²) in [7, 11) is 0. The fraction of sp³-hybridized carbons (Fsp3) is 0.944. The van der Waals surface area contributed by atoms with Crippen molar-refractivity contribution in [1.82, 2.24) is 10.2 Å². The van der Waals surface area contributed by atoms with Gasteiger partial charge in [0.15, 0.2) is 5.96 Å². The Labute approximate surface area is 135 Å². The van der Waals surface area contributed by atoms with Gasteiger partial charge in [0.1, 0.15) is 0 Å². The molecule has 0 aromatic rings. The Hall–Kier alpha value is -0.770. The summed E-state index contributed by atoms with van der Waals surface area (Å²) in [5, 5.41) is 3.51. The molecule has 1 N–H and O–H groups in total. The molecule has 3 fully saturated rings. The van der Waals surface area contributed by atoms with E-state index in [0.717, 1.165) is 57.2 Å². The van der Waals surface area contributed by atoms with E-state index in [2.05, 4.69) is 24.1 Å². The maximum atomic E-state index is 5.65. The first-order valence-corrected chi connectivity index (χ1v) is 9.32. The number of guanidine groups is 1. The van der Waals surface area contributed by atoms with Gasteiger partial charge in [0.05, 0.1) is 6.61 Å². The zero-order valence-corrected chi connectivity index (χ0v) is 14.4. The van der Waals surface area contributed by atoms with E-state index in [1.807, 2.05) is 0 Å². The van der Waals surface area contributed by atoms with Gasteiger partial charge in [0, 0.05) is 38.2 Å². The zero-order chi connectivity index (χ0) is 15.4. The molecule has 3 aliphatic rings. The number of hydrogen-bond acceptors (Lipinski definition) is 2. The predicted octanol–water partition coefficient (Wildman–Crippen LogP) is 2.89. The molecule has 0 amide bonds. The van der Waals surface area contributed by atoms with Crippen molar-refractivity contribution in [3.8, 4) is 0 Å². The van der Waals surface area contributed by atoms with Gasteiger partial charge in [-0.15, -0.1) is 0 Å². The molecular formula is C18H33N3O. The van der Waals surface area contributed by atoms with E-state index in [9.17, 15) is 0 Å². The Balaban J connectivity index is 1.56. The second-order valence-electron chi connectivity index (χ2n) is 7.79. The molecule has 22 heavy (non-hydrogen) atoms. The van der Waals surface area contributed by atoms with Gasteiger partial charge in [-0.1, -0.05) is 19.8 Å². The Morgan fingerprint density at radius 1 is 1.27 bits per heavy atom. The lowest BCUT2D eigenvalue weighted by Gasteiger charge is -2.27. The monoisotopic (exact) mass is 307 g/mol. The number of nitrogens with zero attached hydrogens (tertiary/aromatic N) is 2. The summed E-state index contributed by atoms with van der Waals surface area (Å²) in [6, 6.07) is 0. The highest BCUT2D eigenvalue weighted by Crippen LogP contribution is 2.38. The van der Waals surface area contributed by atoms with E-state index in [1.54, 1.807) is 0 Å². The summed E-state index contributed by atoms with van der Waals surface area (Å²) in [5.74, 6) is 2.87. The first-order valence-electron chi connectivity index (χ1n) is 9.32. The molecule has 2 heterocycles. The Bertz CT molecular complexity index is 382. The molecule has 1 aliphatic carbocycles. The molecule has 0 radical (unpaired) electrons. The lowest BCUT2D eigenvalue weighted by atomic mass is 9.83. The third-order valence-electron chi connectivity index (χ3n) is 5.89. The average molecular weight is 307 g/mol. The molecule has 1 atom stereocenters. The van der Waals surface area contributed by atoms with Crippen molar-refractivity contribution >= 4 is 5.96 Å². The fourth-order valence-electron chi connectivity index (χ4n) is 4.24. The van der Waals surface area contributed by atoms with Gasteiger partial charge in [-0.3, -0.25) is 4.99 Å². The molecule has 0 aromatic carbocycles. The van der Waals surface area contributed by atoms with Gasteiger partial charge in [-0.25, -0.2) is 0 Å². The van der Waals surface area contributed by atoms with Crippen molar-refractivity contribution in [3.63, 3.8) is 0 Å². The van der Waals surface area contributed by atoms with Gasteiger partial charge in [0.2, 0.25) is 0 Å². The minimum absolute atomic E-state index is 0.413. The normalized spacial score (nSPS) is 36.3. The minimum Gasteiger partial charge on any atom is -0.381 e. The van der Waals surface area contributed by atoms with Gasteiger partial charge in [-0.05, 0) is 44.4 Å². The van der Waals surface area contributed by atoms with Crippen LogP contribution < -0.4 is 5.32 Å². The van der Waals surface area contributed by atoms with E-state index in [1.165, 1.54) is 38.5 Å². The Morgan fingerprint density at radius 2 is 2.09 bits per heavy atom. The molecule has 0 bridgehead atoms. The summed E-state index contributed by atoms with van der Waals surface area (Å²) in [4.78, 5) is 7.47. The predicted molar refractivity (Wildman–Crippen MR) is 91.2 cm³/mol. The van der Waals surface area contributed by atoms with Gasteiger partial charge < -0.3 is 15.0 Å². The summed E-state index contributed by atoms with van der Waals surface area (Å²) in [6.45, 7) is 10.7. The molecule has 126 valence electrons. The van der Waals surface area contributed by atoms with Crippen LogP contribution in [0, 0.1) is 17.3 Å². The molecule has 1 spiro atoms. The van der Waals surface area contributed by atoms with Crippen LogP contribution in [0.15, 0.2) is 4.99 Å². The maximum absolute atomic E-state index is 5.65. The molecule has 2 aliphatic heterocycles. The quantitative estimate of drug-likeness (QED) is 0.643. The fourth-order valence-corrected chi connectivity index (χ4v) is 4.24. The number of rotatable bonds is 3. The maximum Gasteiger partial charge on any atom is 0.193 e. The third-order valence-corrected chi connectivity index (χ3v) is 5.89. The van der Waals surface area contributed by atoms with Crippen LogP contribution in [0.4, 0.5) is 0 Å². The molecule has 4 heteroatoms. The zero-order valence-electron chi connectivity index (χ0n) is 14.4. The summed E-state index contributed by atoms with van der Waals surface area (Å²) in [6.07, 6.45) is 7.99. The van der Waals surface area contributed by atoms with Crippen molar-refractivity contribution in [2.45, 2.75) is 52.4 Å². The van der Waals surface area contributed by atoms with Crippen LogP contribution in [0.25, 0.3) is 0 Å². The van der Waals surface area contributed by atoms with Crippen molar-refractivity contribution in [2.75, 3.05) is 39.4 Å². The molecule has 1 saturated carbocycles. The van der Waals surface area contributed by atoms with Crippen LogP contribution in [-0.2, 0) is 4.74 Å². The number of likely N-dealkylation sites (tertiary alicyclic amines) is 1. The van der Waals surface area contributed by atoms with Crippen molar-refractivity contribution < 1.29 is 4.74 Å². The van der Waals surface area contributed by atoms with Gasteiger partial charge in [-0.2, -0.15) is 0 Å². The molecular weight excluding hydrogens is 274 g/mol. The SMILES string of the molecule is CCNC(=NCC1CCC(C)CC1)N1CCC2(CCOC2)C1. The standard InChI is InChI=1S/C18H33N3O/c1-3-19-17(20-12-16-6-4-15(2)5-7-16)21-10-8-18(13-21)9-11-22-14-18/h15-16H,3-14H2,1-2H3,(H,19,20). The molecule has 2 saturated heterocycles. The summed E-state index contributed by atoms with van der Waals surface area (Å²) >= 11 is 0. The average Bonchev–Trinajstić information content (AvgIpc) is 3.16. The topological polar surface area (TPSA) is 36.9 Å². The van der Waals surface area contributed by atoms with Crippen LogP contribution in [-0.4, -0.2) is 50.3 Å². The highest BCUT2D eigenvalue weighted by atomic mass is 16.5. The second-order valence-corrected chi connectivity index (χ2v) is 7.79. The largest absolute Gasteiger partial charge is 0.381 e. The van der Waals surface area contributed by atoms with Crippen molar-refractivity contribution in [3.05, 3.63) is 0 Å². The Morgan fingerprint density at radius 3 is 2.77 bits per heavy atom. The third kappa shape index (κ3) is 3.76. The first kappa shape index (κ1) is 16.1. The minimum atomic E-state index is 0.413. The molecule has 1 unspecified atom stereocenters. The van der Waals surface area contributed by atoms with Crippen LogP contribution >= 0.6 is 0 Å². The number of nitrogens with one attached hydrogen (secondary N) is 1. The first-order chi connectivity index (χ1) is 10.7. The lowest BCUT2D eigenvalue weighted by molar-refractivity contribution is 0.156. The highest BCUT2D eigenvalue weighted by molar-refractivity contribution is 5.80. The highest BCUT2D eigenvalue weighted by Gasteiger charge is 2.42. The second kappa shape index (κ2) is 7.20. The van der Waals surface area contributed by atoms with Crippen LogP contribution in [0.1, 0.15) is 52.4 Å². The van der Waals surface area contributed by atoms with Crippen molar-refractivity contribution in [1.29, 1.82) is 0 Å². The number of ether oxygens (including phenoxy) is 1. The molecule has 3 rings (SSSR count). The summed E-state index contributed by atoms with van der Waals surface area (Å²) < 4.78 is 5.65. The van der Waals surface area contributed by atoms with E-state index >= 15 is 0 Å².